The molecule has 1 heterocycles. The van der Waals surface area contributed by atoms with Gasteiger partial charge in [-0.3, -0.25) is 0 Å². The lowest BCUT2D eigenvalue weighted by molar-refractivity contribution is 0.632. The molecule has 3 aromatic rings. The number of benzene rings is 2. The van der Waals surface area contributed by atoms with E-state index >= 15 is 0 Å². The largest absolute Gasteiger partial charge is 0.399 e. The Balaban J connectivity index is 2.19. The zero-order chi connectivity index (χ0) is 12.7. The Morgan fingerprint density at radius 3 is 2.78 bits per heavy atom. The molecule has 2 aromatic carbocycles. The number of anilines is 1. The molecule has 0 amide bonds. The molecule has 0 unspecified atom stereocenters. The summed E-state index contributed by atoms with van der Waals surface area (Å²) >= 11 is 4.87. The van der Waals surface area contributed by atoms with Gasteiger partial charge in [0.1, 0.15) is 10.8 Å². The van der Waals surface area contributed by atoms with Crippen molar-refractivity contribution in [2.24, 2.45) is 0 Å². The number of nitrogens with two attached hydrogens (primary N) is 1. The molecule has 0 aliphatic carbocycles. The average Bonchev–Trinajstić information content (AvgIpc) is 2.71. The van der Waals surface area contributed by atoms with E-state index in [1.165, 1.54) is 17.4 Å². The second-order valence-electron chi connectivity index (χ2n) is 3.87. The monoisotopic (exact) mass is 322 g/mol. The fourth-order valence-electron chi connectivity index (χ4n) is 1.72. The van der Waals surface area contributed by atoms with E-state index in [1.54, 1.807) is 12.1 Å². The van der Waals surface area contributed by atoms with Crippen molar-refractivity contribution in [3.63, 3.8) is 0 Å². The van der Waals surface area contributed by atoms with E-state index in [0.717, 1.165) is 14.7 Å². The van der Waals surface area contributed by atoms with Crippen molar-refractivity contribution in [3.05, 3.63) is 46.7 Å². The molecular weight excluding hydrogens is 315 g/mol. The van der Waals surface area contributed by atoms with E-state index in [9.17, 15) is 4.39 Å². The van der Waals surface area contributed by atoms with Gasteiger partial charge in [-0.15, -0.1) is 11.3 Å². The number of thiazole rings is 1. The molecule has 0 aliphatic rings. The predicted octanol–water partition coefficient (Wildman–Crippen LogP) is 4.45. The van der Waals surface area contributed by atoms with Crippen LogP contribution in [0.15, 0.2) is 40.9 Å². The number of nitrogen functional groups attached to an aromatic ring is 1. The Labute approximate surface area is 115 Å². The Morgan fingerprint density at radius 1 is 1.17 bits per heavy atom. The van der Waals surface area contributed by atoms with Crippen molar-refractivity contribution >= 4 is 43.2 Å². The smallest absolute Gasteiger partial charge is 0.135 e. The minimum absolute atomic E-state index is 0.340. The average molecular weight is 323 g/mol. The van der Waals surface area contributed by atoms with Crippen LogP contribution in [-0.4, -0.2) is 4.98 Å². The highest BCUT2D eigenvalue weighted by Gasteiger charge is 2.11. The number of halogens is 2. The van der Waals surface area contributed by atoms with Crippen LogP contribution in [0.5, 0.6) is 0 Å². The van der Waals surface area contributed by atoms with Crippen LogP contribution in [0.4, 0.5) is 10.1 Å². The molecule has 0 spiro atoms. The molecular formula is C13H8BrFN2S. The summed E-state index contributed by atoms with van der Waals surface area (Å²) < 4.78 is 15.8. The van der Waals surface area contributed by atoms with Crippen molar-refractivity contribution in [1.29, 1.82) is 0 Å². The van der Waals surface area contributed by atoms with Crippen molar-refractivity contribution in [2.75, 3.05) is 5.73 Å². The van der Waals surface area contributed by atoms with Gasteiger partial charge in [0.25, 0.3) is 0 Å². The number of rotatable bonds is 1. The van der Waals surface area contributed by atoms with E-state index in [0.29, 0.717) is 16.3 Å². The summed E-state index contributed by atoms with van der Waals surface area (Å²) in [7, 11) is 0. The number of nitrogens with zero attached hydrogens (tertiary/aromatic N) is 1. The second kappa shape index (κ2) is 4.33. The van der Waals surface area contributed by atoms with E-state index in [4.69, 9.17) is 5.73 Å². The SMILES string of the molecule is Nc1ccc(-c2nc3ccc(Br)cc3s2)c(F)c1. The second-order valence-corrected chi connectivity index (χ2v) is 5.82. The minimum atomic E-state index is -0.340. The number of fused-ring (bicyclic) bond motifs is 1. The fourth-order valence-corrected chi connectivity index (χ4v) is 3.26. The maximum absolute atomic E-state index is 13.8. The first-order valence-corrected chi connectivity index (χ1v) is 6.86. The van der Waals surface area contributed by atoms with E-state index < -0.39 is 0 Å². The van der Waals surface area contributed by atoms with Gasteiger partial charge in [0.15, 0.2) is 0 Å². The van der Waals surface area contributed by atoms with Gasteiger partial charge in [0, 0.05) is 15.7 Å². The van der Waals surface area contributed by atoms with Crippen molar-refractivity contribution < 1.29 is 4.39 Å². The minimum Gasteiger partial charge on any atom is -0.399 e. The van der Waals surface area contributed by atoms with E-state index in [1.807, 2.05) is 18.2 Å². The Kier molecular flexibility index (Phi) is 2.80. The molecule has 3 rings (SSSR count). The molecule has 18 heavy (non-hydrogen) atoms. The van der Waals surface area contributed by atoms with Crippen LogP contribution in [0.1, 0.15) is 0 Å². The summed E-state index contributed by atoms with van der Waals surface area (Å²) in [5.41, 5.74) is 7.31. The van der Waals surface area contributed by atoms with E-state index in [-0.39, 0.29) is 5.82 Å². The summed E-state index contributed by atoms with van der Waals surface area (Å²) in [6.07, 6.45) is 0. The van der Waals surface area contributed by atoms with Crippen LogP contribution in [0.3, 0.4) is 0 Å². The summed E-state index contributed by atoms with van der Waals surface area (Å²) in [5.74, 6) is -0.340. The molecule has 0 saturated carbocycles. The highest BCUT2D eigenvalue weighted by molar-refractivity contribution is 9.10. The molecule has 2 nitrogen and oxygen atoms in total. The van der Waals surface area contributed by atoms with Gasteiger partial charge in [-0.1, -0.05) is 15.9 Å². The third kappa shape index (κ3) is 2.00. The molecule has 0 atom stereocenters. The van der Waals surface area contributed by atoms with Gasteiger partial charge in [0.2, 0.25) is 0 Å². The van der Waals surface area contributed by atoms with Crippen LogP contribution >= 0.6 is 27.3 Å². The number of aromatic nitrogens is 1. The summed E-state index contributed by atoms with van der Waals surface area (Å²) in [6.45, 7) is 0. The highest BCUT2D eigenvalue weighted by atomic mass is 79.9. The molecule has 0 aliphatic heterocycles. The first-order valence-electron chi connectivity index (χ1n) is 5.25. The third-order valence-corrected chi connectivity index (χ3v) is 4.12. The quantitative estimate of drug-likeness (QED) is 0.672. The molecule has 0 fully saturated rings. The first kappa shape index (κ1) is 11.6. The van der Waals surface area contributed by atoms with Crippen molar-refractivity contribution in [2.45, 2.75) is 0 Å². The maximum atomic E-state index is 13.8. The van der Waals surface area contributed by atoms with Gasteiger partial charge in [-0.2, -0.15) is 0 Å². The molecule has 0 saturated heterocycles. The van der Waals surface area contributed by atoms with Crippen LogP contribution in [0, 0.1) is 5.82 Å². The number of hydrogen-bond acceptors (Lipinski definition) is 3. The lowest BCUT2D eigenvalue weighted by Crippen LogP contribution is -1.88. The zero-order valence-corrected chi connectivity index (χ0v) is 11.6. The van der Waals surface area contributed by atoms with Gasteiger partial charge < -0.3 is 5.73 Å². The Morgan fingerprint density at radius 2 is 2.00 bits per heavy atom. The van der Waals surface area contributed by atoms with Gasteiger partial charge in [0.05, 0.1) is 10.2 Å². The van der Waals surface area contributed by atoms with Gasteiger partial charge in [-0.05, 0) is 36.4 Å². The van der Waals surface area contributed by atoms with Gasteiger partial charge >= 0.3 is 0 Å². The third-order valence-electron chi connectivity index (χ3n) is 2.57. The Hall–Kier alpha value is -1.46. The summed E-state index contributed by atoms with van der Waals surface area (Å²) in [4.78, 5) is 4.43. The van der Waals surface area contributed by atoms with Crippen molar-refractivity contribution in [1.82, 2.24) is 4.98 Å². The Bertz CT molecular complexity index is 739. The highest BCUT2D eigenvalue weighted by Crippen LogP contribution is 2.33. The lowest BCUT2D eigenvalue weighted by Gasteiger charge is -1.99. The van der Waals surface area contributed by atoms with E-state index in [2.05, 4.69) is 20.9 Å². The van der Waals surface area contributed by atoms with Crippen LogP contribution in [0.25, 0.3) is 20.8 Å². The first-order chi connectivity index (χ1) is 8.63. The maximum Gasteiger partial charge on any atom is 0.135 e. The molecule has 0 bridgehead atoms. The fraction of sp³-hybridized carbons (Fsp3) is 0. The molecule has 5 heteroatoms. The normalized spacial score (nSPS) is 11.0. The standard InChI is InChI=1S/C13H8BrFN2S/c14-7-1-4-11-12(5-7)18-13(17-11)9-3-2-8(16)6-10(9)15/h1-6H,16H2. The predicted molar refractivity (Wildman–Crippen MR) is 77.1 cm³/mol. The molecule has 2 N–H and O–H groups in total. The van der Waals surface area contributed by atoms with Crippen LogP contribution < -0.4 is 5.73 Å². The van der Waals surface area contributed by atoms with Crippen molar-refractivity contribution in [3.8, 4) is 10.6 Å². The summed E-state index contributed by atoms with van der Waals surface area (Å²) in [5, 5.41) is 0.667. The topological polar surface area (TPSA) is 38.9 Å². The van der Waals surface area contributed by atoms with Gasteiger partial charge in [-0.25, -0.2) is 9.37 Å². The zero-order valence-electron chi connectivity index (χ0n) is 9.15. The lowest BCUT2D eigenvalue weighted by atomic mass is 10.2. The number of hydrogen-bond donors (Lipinski definition) is 1. The van der Waals surface area contributed by atoms with Crippen LogP contribution in [0.2, 0.25) is 0 Å². The summed E-state index contributed by atoms with van der Waals surface area (Å²) in [6, 6.07) is 10.5. The molecule has 90 valence electrons. The van der Waals surface area contributed by atoms with Crippen LogP contribution in [-0.2, 0) is 0 Å². The molecule has 0 radical (unpaired) electrons. The molecule has 1 aromatic heterocycles.